The number of ether oxygens (including phenoxy) is 1. The number of nitrogens with zero attached hydrogens (tertiary/aromatic N) is 2. The number of unbranched alkanes of at least 4 members (excludes halogenated alkanes) is 6. The van der Waals surface area contributed by atoms with Crippen LogP contribution in [0.25, 0.3) is 12.2 Å². The summed E-state index contributed by atoms with van der Waals surface area (Å²) < 4.78 is 7.10. The van der Waals surface area contributed by atoms with E-state index in [0.29, 0.717) is 13.0 Å². The average molecular weight is 560 g/mol. The van der Waals surface area contributed by atoms with Gasteiger partial charge in [0.15, 0.2) is 12.4 Å². The summed E-state index contributed by atoms with van der Waals surface area (Å²) in [7, 11) is 0. The number of halogens is 1. The summed E-state index contributed by atoms with van der Waals surface area (Å²) in [5.74, 6) is -0.116. The Balaban J connectivity index is 0.00000648. The van der Waals surface area contributed by atoms with Gasteiger partial charge in [0.1, 0.15) is 6.54 Å². The molecule has 0 fully saturated rings. The molecule has 0 spiro atoms. The Morgan fingerprint density at radius 1 is 0.778 bits per heavy atom. The van der Waals surface area contributed by atoms with Crippen LogP contribution in [0.4, 0.5) is 5.69 Å². The highest BCUT2D eigenvalue weighted by Crippen LogP contribution is 2.19. The second-order valence-corrected chi connectivity index (χ2v) is 9.31. The van der Waals surface area contributed by atoms with Crippen molar-refractivity contribution in [2.75, 3.05) is 24.6 Å². The van der Waals surface area contributed by atoms with Crippen LogP contribution in [0.3, 0.4) is 0 Å². The molecule has 0 saturated carbocycles. The highest BCUT2D eigenvalue weighted by atomic mass is 79.9. The standard InChI is InChI=1S/C31H47N2O2.BrH/c1-4-7-9-11-24-33(25-12-10-8-5-2)30-19-17-28(18-20-30)15-16-29-21-26-32(27-22-29)23-13-14-31(34)35-6-3;/h15-22,26-27H,4-14,23-25H2,1-3H3;1H/q+1;/p-1. The lowest BCUT2D eigenvalue weighted by atomic mass is 10.1. The first-order chi connectivity index (χ1) is 17.2. The number of rotatable bonds is 18. The maximum Gasteiger partial charge on any atom is 0.306 e. The van der Waals surface area contributed by atoms with Crippen LogP contribution < -0.4 is 26.4 Å². The lowest BCUT2D eigenvalue weighted by molar-refractivity contribution is -0.697. The van der Waals surface area contributed by atoms with Crippen LogP contribution in [-0.2, 0) is 16.1 Å². The number of carbonyl (C=O) groups is 1. The molecule has 5 heteroatoms. The number of hydrogen-bond donors (Lipinski definition) is 0. The van der Waals surface area contributed by atoms with Gasteiger partial charge in [-0.2, -0.15) is 0 Å². The van der Waals surface area contributed by atoms with Gasteiger partial charge in [-0.05, 0) is 43.0 Å². The van der Waals surface area contributed by atoms with Gasteiger partial charge in [-0.15, -0.1) is 0 Å². The average Bonchev–Trinajstić information content (AvgIpc) is 2.88. The van der Waals surface area contributed by atoms with E-state index in [9.17, 15) is 4.79 Å². The Bertz CT molecular complexity index is 838. The molecule has 0 saturated heterocycles. The Hall–Kier alpha value is -2.14. The van der Waals surface area contributed by atoms with Crippen molar-refractivity contribution in [2.24, 2.45) is 0 Å². The molecular weight excluding hydrogens is 512 g/mol. The molecule has 2 rings (SSSR count). The number of benzene rings is 1. The zero-order valence-corrected chi connectivity index (χ0v) is 24.3. The predicted molar refractivity (Wildman–Crippen MR) is 148 cm³/mol. The normalized spacial score (nSPS) is 10.9. The summed E-state index contributed by atoms with van der Waals surface area (Å²) >= 11 is 0. The topological polar surface area (TPSA) is 33.4 Å². The van der Waals surface area contributed by atoms with Crippen molar-refractivity contribution < 1.29 is 31.1 Å². The zero-order chi connectivity index (χ0) is 25.1. The lowest BCUT2D eigenvalue weighted by Crippen LogP contribution is -3.00. The van der Waals surface area contributed by atoms with E-state index in [-0.39, 0.29) is 23.0 Å². The fraction of sp³-hybridized carbons (Fsp3) is 0.548. The van der Waals surface area contributed by atoms with Gasteiger partial charge >= 0.3 is 5.97 Å². The van der Waals surface area contributed by atoms with Crippen LogP contribution in [0, 0.1) is 0 Å². The highest BCUT2D eigenvalue weighted by molar-refractivity contribution is 5.70. The molecule has 0 bridgehead atoms. The van der Waals surface area contributed by atoms with Gasteiger partial charge in [0.25, 0.3) is 0 Å². The Labute approximate surface area is 230 Å². The predicted octanol–water partition coefficient (Wildman–Crippen LogP) is 4.46. The van der Waals surface area contributed by atoms with E-state index in [1.165, 1.54) is 68.2 Å². The van der Waals surface area contributed by atoms with Gasteiger partial charge in [0.2, 0.25) is 0 Å². The van der Waals surface area contributed by atoms with Crippen molar-refractivity contribution in [3.63, 3.8) is 0 Å². The number of pyridine rings is 1. The van der Waals surface area contributed by atoms with Gasteiger partial charge < -0.3 is 26.6 Å². The third-order valence-corrected chi connectivity index (χ3v) is 6.31. The number of hydrogen-bond acceptors (Lipinski definition) is 3. The van der Waals surface area contributed by atoms with Crippen LogP contribution in [0.1, 0.15) is 96.1 Å². The first-order valence-corrected chi connectivity index (χ1v) is 13.8. The van der Waals surface area contributed by atoms with Crippen molar-refractivity contribution in [3.8, 4) is 0 Å². The first-order valence-electron chi connectivity index (χ1n) is 13.8. The molecule has 0 radical (unpaired) electrons. The zero-order valence-electron chi connectivity index (χ0n) is 22.8. The smallest absolute Gasteiger partial charge is 0.306 e. The summed E-state index contributed by atoms with van der Waals surface area (Å²) in [6.45, 7) is 9.97. The van der Waals surface area contributed by atoms with Gasteiger partial charge in [-0.1, -0.05) is 76.7 Å². The Kier molecular flexibility index (Phi) is 17.7. The second kappa shape index (κ2) is 20.0. The number of anilines is 1. The molecule has 0 atom stereocenters. The van der Waals surface area contributed by atoms with Crippen LogP contribution in [0.5, 0.6) is 0 Å². The molecular formula is C31H47BrN2O2. The molecule has 0 aliphatic heterocycles. The van der Waals surface area contributed by atoms with E-state index in [0.717, 1.165) is 26.1 Å². The van der Waals surface area contributed by atoms with Crippen LogP contribution in [0.2, 0.25) is 0 Å². The van der Waals surface area contributed by atoms with Crippen LogP contribution >= 0.6 is 0 Å². The van der Waals surface area contributed by atoms with E-state index in [4.69, 9.17) is 4.74 Å². The Morgan fingerprint density at radius 2 is 1.33 bits per heavy atom. The molecule has 0 unspecified atom stereocenters. The molecule has 1 aromatic heterocycles. The molecule has 200 valence electrons. The molecule has 0 aliphatic rings. The third kappa shape index (κ3) is 13.2. The molecule has 2 aromatic rings. The van der Waals surface area contributed by atoms with E-state index < -0.39 is 0 Å². The summed E-state index contributed by atoms with van der Waals surface area (Å²) in [5, 5.41) is 0. The minimum atomic E-state index is -0.116. The summed E-state index contributed by atoms with van der Waals surface area (Å²) in [6, 6.07) is 13.3. The maximum atomic E-state index is 11.5. The van der Waals surface area contributed by atoms with E-state index in [2.05, 4.69) is 84.3 Å². The highest BCUT2D eigenvalue weighted by Gasteiger charge is 2.07. The number of aromatic nitrogens is 1. The van der Waals surface area contributed by atoms with Gasteiger partial charge in [0, 0.05) is 37.3 Å². The molecule has 36 heavy (non-hydrogen) atoms. The van der Waals surface area contributed by atoms with E-state index >= 15 is 0 Å². The number of aryl methyl sites for hydroxylation is 1. The first kappa shape index (κ1) is 31.9. The van der Waals surface area contributed by atoms with E-state index in [1.807, 2.05) is 6.92 Å². The summed E-state index contributed by atoms with van der Waals surface area (Å²) in [6.07, 6.45) is 20.2. The molecule has 0 aliphatic carbocycles. The van der Waals surface area contributed by atoms with Crippen molar-refractivity contribution in [3.05, 3.63) is 59.9 Å². The molecule has 0 N–H and O–H groups in total. The monoisotopic (exact) mass is 558 g/mol. The molecule has 4 nitrogen and oxygen atoms in total. The van der Waals surface area contributed by atoms with Crippen molar-refractivity contribution in [1.82, 2.24) is 0 Å². The third-order valence-electron chi connectivity index (χ3n) is 6.31. The number of carbonyl (C=O) groups excluding carboxylic acids is 1. The van der Waals surface area contributed by atoms with E-state index in [1.54, 1.807) is 0 Å². The Morgan fingerprint density at radius 3 is 1.86 bits per heavy atom. The fourth-order valence-electron chi connectivity index (χ4n) is 4.19. The lowest BCUT2D eigenvalue weighted by Gasteiger charge is -2.25. The fourth-order valence-corrected chi connectivity index (χ4v) is 4.19. The number of esters is 1. The van der Waals surface area contributed by atoms with Crippen molar-refractivity contribution in [1.29, 1.82) is 0 Å². The quantitative estimate of drug-likeness (QED) is 0.154. The SMILES string of the molecule is CCCCCCN(CCCCCC)c1ccc(/C=C/c2cc[n+](CCCC(=O)OCC)cc2)cc1.[Br-]. The molecule has 0 amide bonds. The minimum Gasteiger partial charge on any atom is -1.00 e. The molecule has 1 aromatic carbocycles. The van der Waals surface area contributed by atoms with Gasteiger partial charge in [0.05, 0.1) is 13.0 Å². The minimum absolute atomic E-state index is 0. The largest absolute Gasteiger partial charge is 1.00 e. The molecule has 1 heterocycles. The van der Waals surface area contributed by atoms with Crippen molar-refractivity contribution >= 4 is 23.8 Å². The van der Waals surface area contributed by atoms with Crippen LogP contribution in [-0.4, -0.2) is 25.7 Å². The summed E-state index contributed by atoms with van der Waals surface area (Å²) in [5.41, 5.74) is 3.74. The maximum absolute atomic E-state index is 11.5. The van der Waals surface area contributed by atoms with Gasteiger partial charge in [-0.3, -0.25) is 4.79 Å². The second-order valence-electron chi connectivity index (χ2n) is 9.31. The van der Waals surface area contributed by atoms with Crippen LogP contribution in [0.15, 0.2) is 48.8 Å². The summed E-state index contributed by atoms with van der Waals surface area (Å²) in [4.78, 5) is 14.0. The van der Waals surface area contributed by atoms with Crippen molar-refractivity contribution in [2.45, 2.75) is 91.5 Å². The van der Waals surface area contributed by atoms with Gasteiger partial charge in [-0.25, -0.2) is 4.57 Å².